The van der Waals surface area contributed by atoms with E-state index in [-0.39, 0.29) is 17.9 Å². The number of aliphatic carboxylic acids is 1. The summed E-state index contributed by atoms with van der Waals surface area (Å²) in [6.07, 6.45) is 4.62. The number of carboxylic acids is 1. The molecule has 0 unspecified atom stereocenters. The third-order valence-electron chi connectivity index (χ3n) is 6.35. The molecule has 0 amide bonds. The van der Waals surface area contributed by atoms with E-state index in [0.29, 0.717) is 23.2 Å². The number of ether oxygens (including phenoxy) is 1. The minimum absolute atomic E-state index is 0.0919. The van der Waals surface area contributed by atoms with Crippen LogP contribution in [0.5, 0.6) is 5.88 Å². The van der Waals surface area contributed by atoms with Gasteiger partial charge < -0.3 is 15.2 Å². The van der Waals surface area contributed by atoms with Gasteiger partial charge in [0.25, 0.3) is 6.43 Å². The van der Waals surface area contributed by atoms with Crippen molar-refractivity contribution in [2.75, 3.05) is 12.4 Å². The molecule has 0 bridgehead atoms. The van der Waals surface area contributed by atoms with Gasteiger partial charge in [-0.25, -0.2) is 13.8 Å². The van der Waals surface area contributed by atoms with Crippen LogP contribution in [0, 0.1) is 5.92 Å². The summed E-state index contributed by atoms with van der Waals surface area (Å²) in [4.78, 5) is 19.4. The lowest BCUT2D eigenvalue weighted by Crippen LogP contribution is -2.16. The number of nitrogens with one attached hydrogen (secondary N) is 1. The molecule has 1 aliphatic carbocycles. The largest absolute Gasteiger partial charge is 0.481 e. The summed E-state index contributed by atoms with van der Waals surface area (Å²) < 4.78 is 31.3. The number of rotatable bonds is 8. The summed E-state index contributed by atoms with van der Waals surface area (Å²) in [5.74, 6) is -0.0410. The van der Waals surface area contributed by atoms with Gasteiger partial charge in [0.2, 0.25) is 5.88 Å². The molecule has 4 rings (SSSR count). The molecule has 2 heterocycles. The molecule has 3 aromatic rings. The van der Waals surface area contributed by atoms with Gasteiger partial charge in [0.1, 0.15) is 0 Å². The minimum Gasteiger partial charge on any atom is -0.481 e. The molecule has 8 heteroatoms. The lowest BCUT2D eigenvalue weighted by Gasteiger charge is -2.28. The second-order valence-corrected chi connectivity index (χ2v) is 8.62. The van der Waals surface area contributed by atoms with Gasteiger partial charge in [-0.1, -0.05) is 24.3 Å². The monoisotopic (exact) mass is 467 g/mol. The number of pyridine rings is 2. The normalized spacial score (nSPS) is 18.0. The van der Waals surface area contributed by atoms with E-state index in [1.807, 2.05) is 12.1 Å². The van der Waals surface area contributed by atoms with Gasteiger partial charge in [-0.15, -0.1) is 0 Å². The van der Waals surface area contributed by atoms with Gasteiger partial charge in [-0.3, -0.25) is 9.78 Å². The summed E-state index contributed by atoms with van der Waals surface area (Å²) in [6.45, 7) is 0. The van der Waals surface area contributed by atoms with Crippen molar-refractivity contribution in [3.8, 4) is 17.1 Å². The van der Waals surface area contributed by atoms with Crippen LogP contribution in [0.3, 0.4) is 0 Å². The molecule has 0 atom stereocenters. The Morgan fingerprint density at radius 3 is 2.35 bits per heavy atom. The van der Waals surface area contributed by atoms with Crippen LogP contribution in [0.25, 0.3) is 11.3 Å². The number of hydrogen-bond acceptors (Lipinski definition) is 5. The Bertz CT molecular complexity index is 1110. The van der Waals surface area contributed by atoms with E-state index in [0.717, 1.165) is 36.9 Å². The van der Waals surface area contributed by atoms with Crippen molar-refractivity contribution in [3.05, 3.63) is 66.0 Å². The highest BCUT2D eigenvalue weighted by Crippen LogP contribution is 2.37. The van der Waals surface area contributed by atoms with E-state index in [1.165, 1.54) is 24.9 Å². The van der Waals surface area contributed by atoms with E-state index in [9.17, 15) is 13.6 Å². The maximum absolute atomic E-state index is 13.2. The van der Waals surface area contributed by atoms with Crippen LogP contribution < -0.4 is 10.1 Å². The Morgan fingerprint density at radius 2 is 1.76 bits per heavy atom. The van der Waals surface area contributed by atoms with Gasteiger partial charge >= 0.3 is 5.97 Å². The first-order valence-corrected chi connectivity index (χ1v) is 11.3. The molecular formula is C26H27F2N3O3. The average Bonchev–Trinajstić information content (AvgIpc) is 2.85. The minimum atomic E-state index is -2.69. The second-order valence-electron chi connectivity index (χ2n) is 8.62. The predicted molar refractivity (Wildman–Crippen MR) is 126 cm³/mol. The molecule has 2 aromatic heterocycles. The number of hydrogen-bond donors (Lipinski definition) is 2. The number of carboxylic acid groups (broad SMARTS) is 1. The van der Waals surface area contributed by atoms with Crippen LogP contribution in [-0.2, 0) is 4.79 Å². The highest BCUT2D eigenvalue weighted by atomic mass is 19.3. The highest BCUT2D eigenvalue weighted by Gasteiger charge is 2.24. The number of methoxy groups -OCH3 is 1. The van der Waals surface area contributed by atoms with Crippen molar-refractivity contribution < 1.29 is 23.4 Å². The molecule has 178 valence electrons. The van der Waals surface area contributed by atoms with E-state index in [1.54, 1.807) is 6.20 Å². The molecule has 1 fully saturated rings. The first kappa shape index (κ1) is 23.6. The molecule has 0 saturated heterocycles. The Labute approximate surface area is 197 Å². The number of benzene rings is 1. The first-order valence-electron chi connectivity index (χ1n) is 11.3. The van der Waals surface area contributed by atoms with Crippen LogP contribution in [0.15, 0.2) is 54.9 Å². The zero-order valence-electron chi connectivity index (χ0n) is 18.9. The highest BCUT2D eigenvalue weighted by molar-refractivity contribution is 5.67. The summed E-state index contributed by atoms with van der Waals surface area (Å²) >= 11 is 0. The molecule has 6 nitrogen and oxygen atoms in total. The average molecular weight is 468 g/mol. The van der Waals surface area contributed by atoms with Crippen molar-refractivity contribution in [3.63, 3.8) is 0 Å². The molecule has 0 spiro atoms. The zero-order valence-corrected chi connectivity index (χ0v) is 18.9. The zero-order chi connectivity index (χ0) is 24.1. The van der Waals surface area contributed by atoms with Crippen molar-refractivity contribution in [2.24, 2.45) is 5.92 Å². The quantitative estimate of drug-likeness (QED) is 0.389. The Kier molecular flexibility index (Phi) is 7.35. The number of alkyl halides is 2. The standard InChI is InChI=1S/C26H27F2N3O3/c1-34-26-22(25(27)28)13-21(15-30-26)31-20-10-11-23(29-14-20)19-8-6-18(7-9-19)17-4-2-16(3-5-17)12-24(32)33/h6-11,13-17,25,31H,2-5,12H2,1H3,(H,32,33). The molecule has 1 aliphatic rings. The Balaban J connectivity index is 1.39. The molecule has 0 aliphatic heterocycles. The molecule has 1 aromatic carbocycles. The van der Waals surface area contributed by atoms with Gasteiger partial charge in [-0.2, -0.15) is 0 Å². The number of carbonyl (C=O) groups is 1. The molecule has 2 N–H and O–H groups in total. The van der Waals surface area contributed by atoms with Gasteiger partial charge in [0.15, 0.2) is 0 Å². The van der Waals surface area contributed by atoms with Crippen LogP contribution in [0.4, 0.5) is 20.2 Å². The number of halogens is 2. The molecular weight excluding hydrogens is 440 g/mol. The van der Waals surface area contributed by atoms with Crippen LogP contribution in [-0.4, -0.2) is 28.2 Å². The predicted octanol–water partition coefficient (Wildman–Crippen LogP) is 6.58. The van der Waals surface area contributed by atoms with Crippen molar-refractivity contribution in [2.45, 2.75) is 44.4 Å². The van der Waals surface area contributed by atoms with Crippen LogP contribution in [0.1, 0.15) is 55.6 Å². The lowest BCUT2D eigenvalue weighted by molar-refractivity contribution is -0.138. The summed E-state index contributed by atoms with van der Waals surface area (Å²) in [7, 11) is 1.31. The van der Waals surface area contributed by atoms with E-state index in [2.05, 4.69) is 39.6 Å². The molecule has 34 heavy (non-hydrogen) atoms. The lowest BCUT2D eigenvalue weighted by atomic mass is 9.77. The summed E-state index contributed by atoms with van der Waals surface area (Å²) in [6, 6.07) is 13.4. The first-order chi connectivity index (χ1) is 16.4. The van der Waals surface area contributed by atoms with E-state index < -0.39 is 12.4 Å². The van der Waals surface area contributed by atoms with Crippen LogP contribution in [0.2, 0.25) is 0 Å². The van der Waals surface area contributed by atoms with Gasteiger partial charge in [0.05, 0.1) is 42.1 Å². The third-order valence-corrected chi connectivity index (χ3v) is 6.35. The number of nitrogens with zero attached hydrogens (tertiary/aromatic N) is 2. The maximum atomic E-state index is 13.2. The fourth-order valence-electron chi connectivity index (χ4n) is 4.54. The van der Waals surface area contributed by atoms with Crippen LogP contribution >= 0.6 is 0 Å². The summed E-state index contributed by atoms with van der Waals surface area (Å²) in [5.41, 5.74) is 3.88. The smallest absolute Gasteiger partial charge is 0.303 e. The number of anilines is 2. The Hall–Kier alpha value is -3.55. The summed E-state index contributed by atoms with van der Waals surface area (Å²) in [5, 5.41) is 12.0. The fourth-order valence-corrected chi connectivity index (χ4v) is 4.54. The third kappa shape index (κ3) is 5.68. The topological polar surface area (TPSA) is 84.3 Å². The van der Waals surface area contributed by atoms with E-state index in [4.69, 9.17) is 9.84 Å². The van der Waals surface area contributed by atoms with Crippen molar-refractivity contribution in [1.82, 2.24) is 9.97 Å². The molecule has 1 saturated carbocycles. The van der Waals surface area contributed by atoms with Gasteiger partial charge in [0, 0.05) is 12.0 Å². The molecule has 0 radical (unpaired) electrons. The van der Waals surface area contributed by atoms with Crippen molar-refractivity contribution >= 4 is 17.3 Å². The maximum Gasteiger partial charge on any atom is 0.303 e. The number of aromatic nitrogens is 2. The second kappa shape index (κ2) is 10.6. The van der Waals surface area contributed by atoms with E-state index >= 15 is 0 Å². The van der Waals surface area contributed by atoms with Gasteiger partial charge in [-0.05, 0) is 61.3 Å². The van der Waals surface area contributed by atoms with Crippen molar-refractivity contribution in [1.29, 1.82) is 0 Å². The Morgan fingerprint density at radius 1 is 1.06 bits per heavy atom. The SMILES string of the molecule is COc1ncc(Nc2ccc(-c3ccc(C4CCC(CC(=O)O)CC4)cc3)nc2)cc1C(F)F. The fraction of sp³-hybridized carbons (Fsp3) is 0.346.